The van der Waals surface area contributed by atoms with Crippen molar-refractivity contribution in [1.82, 2.24) is 25.0 Å². The van der Waals surface area contributed by atoms with Gasteiger partial charge in [-0.05, 0) is 57.6 Å². The number of nitrogen functional groups attached to an aromatic ring is 1. The van der Waals surface area contributed by atoms with Gasteiger partial charge in [-0.3, -0.25) is 0 Å². The van der Waals surface area contributed by atoms with E-state index in [2.05, 4.69) is 58.8 Å². The number of aromatic nitrogens is 5. The fourth-order valence-electron chi connectivity index (χ4n) is 2.16. The summed E-state index contributed by atoms with van der Waals surface area (Å²) in [4.78, 5) is 20.5. The molecule has 0 bridgehead atoms. The Morgan fingerprint density at radius 2 is 2.15 bits per heavy atom. The molecule has 0 spiro atoms. The predicted octanol–water partition coefficient (Wildman–Crippen LogP) is 2.73. The number of hydrogen-bond acceptors (Lipinski definition) is 7. The number of rotatable bonds is 5. The molecule has 8 nitrogen and oxygen atoms in total. The molecule has 2 heterocycles. The van der Waals surface area contributed by atoms with Gasteiger partial charge in [0.15, 0.2) is 0 Å². The third kappa shape index (κ3) is 4.18. The number of hydrogen-bond donors (Lipinski definition) is 1. The van der Waals surface area contributed by atoms with Crippen LogP contribution >= 0.6 is 38.5 Å². The Bertz CT molecular complexity index is 962. The van der Waals surface area contributed by atoms with Crippen LogP contribution in [0.25, 0.3) is 0 Å². The van der Waals surface area contributed by atoms with Crippen LogP contribution in [0.5, 0.6) is 0 Å². The molecule has 10 heteroatoms. The van der Waals surface area contributed by atoms with Crippen molar-refractivity contribution in [2.24, 2.45) is 0 Å². The highest BCUT2D eigenvalue weighted by atomic mass is 127. The van der Waals surface area contributed by atoms with Crippen molar-refractivity contribution in [1.29, 1.82) is 0 Å². The molecule has 0 saturated carbocycles. The number of carbonyl (C=O) groups is 1. The van der Waals surface area contributed by atoms with Crippen LogP contribution in [0.3, 0.4) is 0 Å². The standard InChI is InChI=1S/C16H14BrIN6O2/c1-9-20-6-10(15(19)21-9)7-24-14(18)13(22-23-24)8-26-16(25)11-4-2-3-5-12(11)17/h2-6H,7-8H2,1H3,(H2,19,20,21). The molecule has 0 aliphatic heterocycles. The fraction of sp³-hybridized carbons (Fsp3) is 0.188. The van der Waals surface area contributed by atoms with Crippen LogP contribution in [-0.2, 0) is 17.9 Å². The normalized spacial score (nSPS) is 10.7. The van der Waals surface area contributed by atoms with Crippen molar-refractivity contribution < 1.29 is 9.53 Å². The first-order chi connectivity index (χ1) is 12.5. The number of aryl methyl sites for hydroxylation is 1. The van der Waals surface area contributed by atoms with Gasteiger partial charge in [-0.2, -0.15) is 0 Å². The second kappa shape index (κ2) is 8.08. The van der Waals surface area contributed by atoms with Crippen molar-refractivity contribution >= 4 is 50.3 Å². The second-order valence-electron chi connectivity index (χ2n) is 5.37. The lowest BCUT2D eigenvalue weighted by Gasteiger charge is -2.07. The molecule has 3 aromatic rings. The number of benzene rings is 1. The van der Waals surface area contributed by atoms with Crippen LogP contribution in [0.2, 0.25) is 0 Å². The molecule has 26 heavy (non-hydrogen) atoms. The molecule has 1 aromatic carbocycles. The number of esters is 1. The summed E-state index contributed by atoms with van der Waals surface area (Å²) < 4.78 is 8.43. The van der Waals surface area contributed by atoms with E-state index < -0.39 is 5.97 Å². The van der Waals surface area contributed by atoms with Gasteiger partial charge in [0.2, 0.25) is 0 Å². The summed E-state index contributed by atoms with van der Waals surface area (Å²) in [6, 6.07) is 7.07. The van der Waals surface area contributed by atoms with E-state index in [1.54, 1.807) is 36.0 Å². The summed E-state index contributed by atoms with van der Waals surface area (Å²) in [5.74, 6) is 0.587. The third-order valence-corrected chi connectivity index (χ3v) is 5.38. The smallest absolute Gasteiger partial charge is 0.339 e. The molecule has 2 N–H and O–H groups in total. The van der Waals surface area contributed by atoms with E-state index in [4.69, 9.17) is 10.5 Å². The lowest BCUT2D eigenvalue weighted by molar-refractivity contribution is 0.0465. The zero-order valence-corrected chi connectivity index (χ0v) is 17.4. The van der Waals surface area contributed by atoms with Gasteiger partial charge in [0.05, 0.1) is 12.1 Å². The second-order valence-corrected chi connectivity index (χ2v) is 7.24. The quantitative estimate of drug-likeness (QED) is 0.400. The van der Waals surface area contributed by atoms with E-state index in [0.717, 1.165) is 9.26 Å². The Labute approximate surface area is 171 Å². The molecule has 0 fully saturated rings. The van der Waals surface area contributed by atoms with Gasteiger partial charge in [-0.1, -0.05) is 17.3 Å². The van der Waals surface area contributed by atoms with Crippen molar-refractivity contribution in [2.45, 2.75) is 20.1 Å². The molecule has 0 saturated heterocycles. The van der Waals surface area contributed by atoms with Crippen LogP contribution in [0.4, 0.5) is 5.82 Å². The third-order valence-electron chi connectivity index (χ3n) is 3.51. The van der Waals surface area contributed by atoms with E-state index in [1.165, 1.54) is 0 Å². The molecule has 3 rings (SSSR count). The monoisotopic (exact) mass is 528 g/mol. The molecule has 0 unspecified atom stereocenters. The van der Waals surface area contributed by atoms with E-state index in [-0.39, 0.29) is 6.61 Å². The minimum atomic E-state index is -0.431. The zero-order valence-electron chi connectivity index (χ0n) is 13.7. The molecule has 0 amide bonds. The van der Waals surface area contributed by atoms with Gasteiger partial charge in [-0.25, -0.2) is 19.4 Å². The van der Waals surface area contributed by atoms with Crippen molar-refractivity contribution in [3.8, 4) is 0 Å². The van der Waals surface area contributed by atoms with Crippen molar-refractivity contribution in [3.05, 3.63) is 61.3 Å². The fourth-order valence-corrected chi connectivity index (χ4v) is 3.14. The van der Waals surface area contributed by atoms with Crippen LogP contribution in [-0.4, -0.2) is 30.9 Å². The highest BCUT2D eigenvalue weighted by Gasteiger charge is 2.16. The molecular weight excluding hydrogens is 515 g/mol. The van der Waals surface area contributed by atoms with Crippen LogP contribution in [0.1, 0.15) is 27.4 Å². The van der Waals surface area contributed by atoms with Crippen LogP contribution in [0, 0.1) is 10.6 Å². The average molecular weight is 529 g/mol. The Morgan fingerprint density at radius 1 is 1.38 bits per heavy atom. The average Bonchev–Trinajstić information content (AvgIpc) is 2.95. The maximum Gasteiger partial charge on any atom is 0.339 e. The lowest BCUT2D eigenvalue weighted by Crippen LogP contribution is -2.10. The number of nitrogens with zero attached hydrogens (tertiary/aromatic N) is 5. The van der Waals surface area contributed by atoms with Crippen molar-refractivity contribution in [2.75, 3.05) is 5.73 Å². The molecule has 134 valence electrons. The largest absolute Gasteiger partial charge is 0.455 e. The first-order valence-corrected chi connectivity index (χ1v) is 9.40. The SMILES string of the molecule is Cc1ncc(Cn2nnc(COC(=O)c3ccccc3Br)c2I)c(N)n1. The van der Waals surface area contributed by atoms with Gasteiger partial charge < -0.3 is 10.5 Å². The predicted molar refractivity (Wildman–Crippen MR) is 106 cm³/mol. The maximum absolute atomic E-state index is 12.2. The van der Waals surface area contributed by atoms with Crippen LogP contribution in [0.15, 0.2) is 34.9 Å². The molecule has 0 atom stereocenters. The topological polar surface area (TPSA) is 109 Å². The summed E-state index contributed by atoms with van der Waals surface area (Å²) in [7, 11) is 0. The number of anilines is 1. The number of ether oxygens (including phenoxy) is 1. The summed E-state index contributed by atoms with van der Waals surface area (Å²) in [5.41, 5.74) is 7.68. The van der Waals surface area contributed by atoms with E-state index in [0.29, 0.717) is 33.9 Å². The first-order valence-electron chi connectivity index (χ1n) is 7.53. The number of halogens is 2. The highest BCUT2D eigenvalue weighted by molar-refractivity contribution is 14.1. The lowest BCUT2D eigenvalue weighted by atomic mass is 10.2. The minimum Gasteiger partial charge on any atom is -0.455 e. The number of carbonyl (C=O) groups excluding carboxylic acids is 1. The van der Waals surface area contributed by atoms with Gasteiger partial charge in [0, 0.05) is 16.2 Å². The van der Waals surface area contributed by atoms with E-state index >= 15 is 0 Å². The van der Waals surface area contributed by atoms with Gasteiger partial charge >= 0.3 is 5.97 Å². The zero-order chi connectivity index (χ0) is 18.7. The summed E-state index contributed by atoms with van der Waals surface area (Å²) in [6.45, 7) is 2.19. The molecule has 0 aliphatic carbocycles. The minimum absolute atomic E-state index is 0.0261. The maximum atomic E-state index is 12.2. The highest BCUT2D eigenvalue weighted by Crippen LogP contribution is 2.19. The van der Waals surface area contributed by atoms with Gasteiger partial charge in [0.1, 0.15) is 27.6 Å². The Balaban J connectivity index is 1.69. The first kappa shape index (κ1) is 18.7. The number of nitrogens with two attached hydrogens (primary N) is 1. The van der Waals surface area contributed by atoms with Crippen LogP contribution < -0.4 is 5.73 Å². The van der Waals surface area contributed by atoms with Gasteiger partial charge in [-0.15, -0.1) is 5.10 Å². The van der Waals surface area contributed by atoms with E-state index in [9.17, 15) is 4.79 Å². The summed E-state index contributed by atoms with van der Waals surface area (Å²) in [6.07, 6.45) is 1.67. The molecule has 0 radical (unpaired) electrons. The summed E-state index contributed by atoms with van der Waals surface area (Å²) >= 11 is 5.44. The van der Waals surface area contributed by atoms with Gasteiger partial charge in [0.25, 0.3) is 0 Å². The Hall–Kier alpha value is -2.08. The summed E-state index contributed by atoms with van der Waals surface area (Å²) in [5, 5.41) is 8.17. The van der Waals surface area contributed by atoms with E-state index in [1.807, 2.05) is 6.07 Å². The molecule has 0 aliphatic rings. The molecular formula is C16H14BrIN6O2. The Kier molecular flexibility index (Phi) is 5.81. The molecule has 2 aromatic heterocycles. The Morgan fingerprint density at radius 3 is 2.88 bits per heavy atom. The van der Waals surface area contributed by atoms with Crippen molar-refractivity contribution in [3.63, 3.8) is 0 Å².